The van der Waals surface area contributed by atoms with Crippen molar-refractivity contribution in [3.8, 4) is 11.3 Å². The second-order valence-corrected chi connectivity index (χ2v) is 4.33. The van der Waals surface area contributed by atoms with Gasteiger partial charge in [-0.15, -0.1) is 0 Å². The fraction of sp³-hybridized carbons (Fsp3) is 0.167. The van der Waals surface area contributed by atoms with Crippen LogP contribution in [-0.4, -0.2) is 10.1 Å². The van der Waals surface area contributed by atoms with Gasteiger partial charge in [0.2, 0.25) is 0 Å². The molecule has 2 rings (SSSR count). The SMILES string of the molecule is Cc1[nH]c(-c2ccccc2Br)cc1CO. The average Bonchev–Trinajstić information content (AvgIpc) is 2.60. The third-order valence-electron chi connectivity index (χ3n) is 2.46. The Morgan fingerprint density at radius 1 is 1.33 bits per heavy atom. The average molecular weight is 266 g/mol. The van der Waals surface area contributed by atoms with Crippen LogP contribution in [0.3, 0.4) is 0 Å². The first-order valence-electron chi connectivity index (χ1n) is 4.76. The van der Waals surface area contributed by atoms with E-state index < -0.39 is 0 Å². The Balaban J connectivity index is 2.50. The van der Waals surface area contributed by atoms with Crippen LogP contribution in [0, 0.1) is 6.92 Å². The normalized spacial score (nSPS) is 10.6. The number of nitrogens with one attached hydrogen (secondary N) is 1. The van der Waals surface area contributed by atoms with Crippen LogP contribution in [0.25, 0.3) is 11.3 Å². The maximum absolute atomic E-state index is 9.12. The van der Waals surface area contributed by atoms with Crippen molar-refractivity contribution < 1.29 is 5.11 Å². The number of aliphatic hydroxyl groups is 1. The van der Waals surface area contributed by atoms with E-state index in [1.54, 1.807) is 0 Å². The number of H-pyrrole nitrogens is 1. The molecule has 0 unspecified atom stereocenters. The summed E-state index contributed by atoms with van der Waals surface area (Å²) in [6.07, 6.45) is 0. The van der Waals surface area contributed by atoms with Crippen LogP contribution < -0.4 is 0 Å². The molecule has 0 saturated heterocycles. The predicted octanol–water partition coefficient (Wildman–Crippen LogP) is 3.24. The molecule has 1 heterocycles. The minimum absolute atomic E-state index is 0.0762. The van der Waals surface area contributed by atoms with E-state index in [2.05, 4.69) is 20.9 Å². The number of hydrogen-bond donors (Lipinski definition) is 2. The third-order valence-corrected chi connectivity index (χ3v) is 3.15. The molecule has 0 aliphatic heterocycles. The summed E-state index contributed by atoms with van der Waals surface area (Å²) >= 11 is 3.51. The van der Waals surface area contributed by atoms with E-state index in [-0.39, 0.29) is 6.61 Å². The highest BCUT2D eigenvalue weighted by Gasteiger charge is 2.07. The maximum Gasteiger partial charge on any atom is 0.0699 e. The number of hydrogen-bond acceptors (Lipinski definition) is 1. The Hall–Kier alpha value is -1.06. The van der Waals surface area contributed by atoms with Crippen molar-refractivity contribution in [3.63, 3.8) is 0 Å². The Morgan fingerprint density at radius 3 is 2.67 bits per heavy atom. The fourth-order valence-electron chi connectivity index (χ4n) is 1.59. The van der Waals surface area contributed by atoms with E-state index in [9.17, 15) is 0 Å². The van der Waals surface area contributed by atoms with Gasteiger partial charge >= 0.3 is 0 Å². The molecule has 2 aromatic rings. The highest BCUT2D eigenvalue weighted by molar-refractivity contribution is 9.10. The molecule has 1 aromatic carbocycles. The molecule has 0 atom stereocenters. The molecule has 78 valence electrons. The molecule has 0 radical (unpaired) electrons. The van der Waals surface area contributed by atoms with Gasteiger partial charge in [-0.3, -0.25) is 0 Å². The molecule has 0 spiro atoms. The zero-order valence-corrected chi connectivity index (χ0v) is 10.0. The monoisotopic (exact) mass is 265 g/mol. The van der Waals surface area contributed by atoms with Gasteiger partial charge in [-0.25, -0.2) is 0 Å². The van der Waals surface area contributed by atoms with Gasteiger partial charge in [0.1, 0.15) is 0 Å². The summed E-state index contributed by atoms with van der Waals surface area (Å²) in [6, 6.07) is 10.0. The third kappa shape index (κ3) is 1.98. The van der Waals surface area contributed by atoms with Gasteiger partial charge in [0, 0.05) is 21.4 Å². The summed E-state index contributed by atoms with van der Waals surface area (Å²) in [6.45, 7) is 2.04. The lowest BCUT2D eigenvalue weighted by Gasteiger charge is -2.00. The topological polar surface area (TPSA) is 36.0 Å². The summed E-state index contributed by atoms with van der Waals surface area (Å²) in [5.74, 6) is 0. The van der Waals surface area contributed by atoms with Gasteiger partial charge < -0.3 is 10.1 Å². The molecule has 15 heavy (non-hydrogen) atoms. The fourth-order valence-corrected chi connectivity index (χ4v) is 2.09. The van der Waals surface area contributed by atoms with Crippen LogP contribution in [0.4, 0.5) is 0 Å². The molecule has 2 N–H and O–H groups in total. The molecule has 0 aliphatic rings. The van der Waals surface area contributed by atoms with Crippen LogP contribution in [0.15, 0.2) is 34.8 Å². The van der Waals surface area contributed by atoms with Crippen molar-refractivity contribution in [3.05, 3.63) is 46.1 Å². The highest BCUT2D eigenvalue weighted by atomic mass is 79.9. The lowest BCUT2D eigenvalue weighted by Crippen LogP contribution is -1.81. The van der Waals surface area contributed by atoms with Crippen LogP contribution in [0.2, 0.25) is 0 Å². The first kappa shape index (κ1) is 10.5. The molecule has 0 amide bonds. The summed E-state index contributed by atoms with van der Waals surface area (Å²) < 4.78 is 1.05. The number of benzene rings is 1. The molecular formula is C12H12BrNO. The zero-order chi connectivity index (χ0) is 10.8. The lowest BCUT2D eigenvalue weighted by molar-refractivity contribution is 0.281. The molecule has 0 fully saturated rings. The second-order valence-electron chi connectivity index (χ2n) is 3.47. The lowest BCUT2D eigenvalue weighted by atomic mass is 10.1. The number of aromatic amines is 1. The van der Waals surface area contributed by atoms with E-state index >= 15 is 0 Å². The summed E-state index contributed by atoms with van der Waals surface area (Å²) in [4.78, 5) is 3.26. The number of aliphatic hydroxyl groups excluding tert-OH is 1. The molecule has 3 heteroatoms. The Kier molecular flexibility index (Phi) is 2.93. The van der Waals surface area contributed by atoms with Crippen molar-refractivity contribution in [2.45, 2.75) is 13.5 Å². The zero-order valence-electron chi connectivity index (χ0n) is 8.42. The van der Waals surface area contributed by atoms with Gasteiger partial charge in [0.15, 0.2) is 0 Å². The van der Waals surface area contributed by atoms with Crippen molar-refractivity contribution in [1.29, 1.82) is 0 Å². The van der Waals surface area contributed by atoms with Crippen molar-refractivity contribution in [2.75, 3.05) is 0 Å². The second kappa shape index (κ2) is 4.21. The summed E-state index contributed by atoms with van der Waals surface area (Å²) in [7, 11) is 0. The molecule has 0 bridgehead atoms. The standard InChI is InChI=1S/C12H12BrNO/c1-8-9(7-15)6-12(14-8)10-4-2-3-5-11(10)13/h2-6,14-15H,7H2,1H3. The molecule has 2 nitrogen and oxygen atoms in total. The minimum Gasteiger partial charge on any atom is -0.392 e. The molecule has 0 aliphatic carbocycles. The van der Waals surface area contributed by atoms with Gasteiger partial charge in [0.05, 0.1) is 6.61 Å². The van der Waals surface area contributed by atoms with Gasteiger partial charge in [-0.2, -0.15) is 0 Å². The van der Waals surface area contributed by atoms with E-state index in [4.69, 9.17) is 5.11 Å². The smallest absolute Gasteiger partial charge is 0.0699 e. The van der Waals surface area contributed by atoms with E-state index in [0.29, 0.717) is 0 Å². The van der Waals surface area contributed by atoms with Crippen LogP contribution >= 0.6 is 15.9 Å². The van der Waals surface area contributed by atoms with E-state index in [0.717, 1.165) is 27.0 Å². The molecule has 0 saturated carbocycles. The largest absolute Gasteiger partial charge is 0.392 e. The summed E-state index contributed by atoms with van der Waals surface area (Å²) in [5.41, 5.74) is 4.10. The Labute approximate surface area is 97.1 Å². The summed E-state index contributed by atoms with van der Waals surface area (Å²) in [5, 5.41) is 9.12. The molecular weight excluding hydrogens is 254 g/mol. The maximum atomic E-state index is 9.12. The van der Waals surface area contributed by atoms with Gasteiger partial charge in [0.25, 0.3) is 0 Å². The molecule has 1 aromatic heterocycles. The first-order valence-corrected chi connectivity index (χ1v) is 5.56. The number of rotatable bonds is 2. The van der Waals surface area contributed by atoms with E-state index in [1.165, 1.54) is 0 Å². The van der Waals surface area contributed by atoms with Crippen LogP contribution in [0.5, 0.6) is 0 Å². The predicted molar refractivity (Wildman–Crippen MR) is 64.6 cm³/mol. The highest BCUT2D eigenvalue weighted by Crippen LogP contribution is 2.28. The number of aryl methyl sites for hydroxylation is 1. The van der Waals surface area contributed by atoms with E-state index in [1.807, 2.05) is 37.3 Å². The van der Waals surface area contributed by atoms with Crippen molar-refractivity contribution >= 4 is 15.9 Å². The Morgan fingerprint density at radius 2 is 2.07 bits per heavy atom. The van der Waals surface area contributed by atoms with Crippen molar-refractivity contribution in [2.24, 2.45) is 0 Å². The first-order chi connectivity index (χ1) is 7.22. The van der Waals surface area contributed by atoms with Gasteiger partial charge in [-0.1, -0.05) is 34.1 Å². The van der Waals surface area contributed by atoms with Crippen LogP contribution in [0.1, 0.15) is 11.3 Å². The quantitative estimate of drug-likeness (QED) is 0.860. The minimum atomic E-state index is 0.0762. The van der Waals surface area contributed by atoms with Crippen LogP contribution in [-0.2, 0) is 6.61 Å². The van der Waals surface area contributed by atoms with Gasteiger partial charge in [-0.05, 0) is 24.6 Å². The number of aromatic nitrogens is 1. The van der Waals surface area contributed by atoms with Crippen molar-refractivity contribution in [1.82, 2.24) is 4.98 Å². The Bertz CT molecular complexity index is 476. The number of halogens is 1.